The highest BCUT2D eigenvalue weighted by Crippen LogP contribution is 2.31. The first-order chi connectivity index (χ1) is 9.52. The maximum Gasteiger partial charge on any atom is 0.248 e. The molecule has 0 aliphatic heterocycles. The van der Waals surface area contributed by atoms with E-state index in [1.165, 1.54) is 0 Å². The number of anilines is 3. The number of ether oxygens (including phenoxy) is 1. The molecule has 4 N–H and O–H groups in total. The van der Waals surface area contributed by atoms with Crippen molar-refractivity contribution in [2.75, 3.05) is 24.8 Å². The standard InChI is InChI=1S/C15H17N3O2/c1-18(11-4-3-5-12(9-11)20-2)14-7-6-10(15(17)19)8-13(14)16/h3-9H,16H2,1-2H3,(H2,17,19). The molecule has 0 spiro atoms. The summed E-state index contributed by atoms with van der Waals surface area (Å²) in [5.41, 5.74) is 13.8. The van der Waals surface area contributed by atoms with Crippen molar-refractivity contribution in [3.63, 3.8) is 0 Å². The number of carbonyl (C=O) groups is 1. The molecule has 0 saturated heterocycles. The number of methoxy groups -OCH3 is 1. The van der Waals surface area contributed by atoms with Crippen LogP contribution in [-0.4, -0.2) is 20.1 Å². The van der Waals surface area contributed by atoms with Gasteiger partial charge in [0.15, 0.2) is 0 Å². The molecule has 2 rings (SSSR count). The molecule has 104 valence electrons. The fourth-order valence-corrected chi connectivity index (χ4v) is 1.97. The van der Waals surface area contributed by atoms with E-state index in [0.717, 1.165) is 17.1 Å². The maximum absolute atomic E-state index is 11.1. The zero-order valence-electron chi connectivity index (χ0n) is 11.5. The van der Waals surface area contributed by atoms with E-state index in [1.807, 2.05) is 36.2 Å². The molecule has 0 aliphatic carbocycles. The molecular formula is C15H17N3O2. The molecular weight excluding hydrogens is 254 g/mol. The highest BCUT2D eigenvalue weighted by atomic mass is 16.5. The van der Waals surface area contributed by atoms with Crippen molar-refractivity contribution in [1.82, 2.24) is 0 Å². The van der Waals surface area contributed by atoms with Gasteiger partial charge in [-0.1, -0.05) is 6.07 Å². The molecule has 0 atom stereocenters. The molecule has 0 radical (unpaired) electrons. The lowest BCUT2D eigenvalue weighted by atomic mass is 10.1. The topological polar surface area (TPSA) is 81.6 Å². The zero-order valence-corrected chi connectivity index (χ0v) is 11.5. The van der Waals surface area contributed by atoms with Gasteiger partial charge in [0.05, 0.1) is 18.5 Å². The van der Waals surface area contributed by atoms with Crippen molar-refractivity contribution in [2.45, 2.75) is 0 Å². The third-order valence-corrected chi connectivity index (χ3v) is 3.11. The van der Waals surface area contributed by atoms with Crippen LogP contribution >= 0.6 is 0 Å². The van der Waals surface area contributed by atoms with Gasteiger partial charge < -0.3 is 21.1 Å². The molecule has 0 aliphatic rings. The van der Waals surface area contributed by atoms with Crippen molar-refractivity contribution in [2.24, 2.45) is 5.73 Å². The fraction of sp³-hybridized carbons (Fsp3) is 0.133. The predicted molar refractivity (Wildman–Crippen MR) is 80.4 cm³/mol. The molecule has 0 saturated carbocycles. The number of nitrogens with two attached hydrogens (primary N) is 2. The SMILES string of the molecule is COc1cccc(N(C)c2ccc(C(N)=O)cc2N)c1. The van der Waals surface area contributed by atoms with Gasteiger partial charge in [0, 0.05) is 24.4 Å². The summed E-state index contributed by atoms with van der Waals surface area (Å²) in [6, 6.07) is 12.6. The van der Waals surface area contributed by atoms with Crippen molar-refractivity contribution in [1.29, 1.82) is 0 Å². The summed E-state index contributed by atoms with van der Waals surface area (Å²) in [4.78, 5) is 13.0. The van der Waals surface area contributed by atoms with E-state index in [0.29, 0.717) is 11.3 Å². The van der Waals surface area contributed by atoms with Gasteiger partial charge in [-0.25, -0.2) is 0 Å². The van der Waals surface area contributed by atoms with Crippen LogP contribution < -0.4 is 21.1 Å². The first kappa shape index (κ1) is 13.7. The van der Waals surface area contributed by atoms with Crippen LogP contribution in [0.25, 0.3) is 0 Å². The van der Waals surface area contributed by atoms with E-state index in [4.69, 9.17) is 16.2 Å². The minimum atomic E-state index is -0.493. The third kappa shape index (κ3) is 2.66. The molecule has 1 amide bonds. The highest BCUT2D eigenvalue weighted by molar-refractivity contribution is 5.95. The Balaban J connectivity index is 2.37. The largest absolute Gasteiger partial charge is 0.497 e. The van der Waals surface area contributed by atoms with Crippen LogP contribution in [0.1, 0.15) is 10.4 Å². The van der Waals surface area contributed by atoms with Crippen LogP contribution in [0.15, 0.2) is 42.5 Å². The lowest BCUT2D eigenvalue weighted by Gasteiger charge is -2.22. The summed E-state index contributed by atoms with van der Waals surface area (Å²) in [6.07, 6.45) is 0. The Bertz CT molecular complexity index is 641. The number of hydrogen-bond acceptors (Lipinski definition) is 4. The number of nitrogens with zero attached hydrogens (tertiary/aromatic N) is 1. The van der Waals surface area contributed by atoms with E-state index in [2.05, 4.69) is 0 Å². The molecule has 0 fully saturated rings. The van der Waals surface area contributed by atoms with Gasteiger partial charge in [0.1, 0.15) is 5.75 Å². The summed E-state index contributed by atoms with van der Waals surface area (Å²) in [5.74, 6) is 0.272. The number of rotatable bonds is 4. The summed E-state index contributed by atoms with van der Waals surface area (Å²) >= 11 is 0. The molecule has 0 unspecified atom stereocenters. The maximum atomic E-state index is 11.1. The third-order valence-electron chi connectivity index (χ3n) is 3.11. The van der Waals surface area contributed by atoms with Gasteiger partial charge in [-0.3, -0.25) is 4.79 Å². The molecule has 2 aromatic rings. The van der Waals surface area contributed by atoms with Crippen LogP contribution in [0.5, 0.6) is 5.75 Å². The van der Waals surface area contributed by atoms with Gasteiger partial charge in [0.2, 0.25) is 5.91 Å². The normalized spacial score (nSPS) is 10.1. The summed E-state index contributed by atoms with van der Waals surface area (Å²) in [6.45, 7) is 0. The quantitative estimate of drug-likeness (QED) is 0.835. The van der Waals surface area contributed by atoms with Crippen LogP contribution in [0.2, 0.25) is 0 Å². The van der Waals surface area contributed by atoms with Gasteiger partial charge in [-0.15, -0.1) is 0 Å². The number of primary amides is 1. The fourth-order valence-electron chi connectivity index (χ4n) is 1.97. The Morgan fingerprint density at radius 2 is 1.95 bits per heavy atom. The molecule has 20 heavy (non-hydrogen) atoms. The van der Waals surface area contributed by atoms with Crippen molar-refractivity contribution in [3.8, 4) is 5.75 Å². The Kier molecular flexibility index (Phi) is 3.79. The lowest BCUT2D eigenvalue weighted by Crippen LogP contribution is -2.14. The number of benzene rings is 2. The number of carbonyl (C=O) groups excluding carboxylic acids is 1. The number of nitrogen functional groups attached to an aromatic ring is 1. The van der Waals surface area contributed by atoms with Crippen molar-refractivity contribution < 1.29 is 9.53 Å². The second-order valence-corrected chi connectivity index (χ2v) is 4.40. The summed E-state index contributed by atoms with van der Waals surface area (Å²) in [7, 11) is 3.51. The molecule has 5 heteroatoms. The van der Waals surface area contributed by atoms with Crippen molar-refractivity contribution >= 4 is 23.0 Å². The highest BCUT2D eigenvalue weighted by Gasteiger charge is 2.10. The summed E-state index contributed by atoms with van der Waals surface area (Å²) < 4.78 is 5.20. The minimum absolute atomic E-state index is 0.394. The average molecular weight is 271 g/mol. The molecule has 0 heterocycles. The van der Waals surface area contributed by atoms with Crippen LogP contribution in [0.3, 0.4) is 0 Å². The number of hydrogen-bond donors (Lipinski definition) is 2. The molecule has 5 nitrogen and oxygen atoms in total. The lowest BCUT2D eigenvalue weighted by molar-refractivity contribution is 0.100. The smallest absolute Gasteiger partial charge is 0.248 e. The predicted octanol–water partition coefficient (Wildman–Crippen LogP) is 2.14. The Morgan fingerprint density at radius 3 is 2.55 bits per heavy atom. The van der Waals surface area contributed by atoms with E-state index in [1.54, 1.807) is 25.3 Å². The molecule has 0 aromatic heterocycles. The van der Waals surface area contributed by atoms with Crippen molar-refractivity contribution in [3.05, 3.63) is 48.0 Å². The second kappa shape index (κ2) is 5.52. The van der Waals surface area contributed by atoms with Crippen LogP contribution in [0.4, 0.5) is 17.1 Å². The monoisotopic (exact) mass is 271 g/mol. The van der Waals surface area contributed by atoms with Gasteiger partial charge in [-0.05, 0) is 30.3 Å². The van der Waals surface area contributed by atoms with Gasteiger partial charge >= 0.3 is 0 Å². The second-order valence-electron chi connectivity index (χ2n) is 4.40. The average Bonchev–Trinajstić information content (AvgIpc) is 2.46. The van der Waals surface area contributed by atoms with Crippen LogP contribution in [-0.2, 0) is 0 Å². The van der Waals surface area contributed by atoms with E-state index in [9.17, 15) is 4.79 Å². The Labute approximate surface area is 117 Å². The first-order valence-corrected chi connectivity index (χ1v) is 6.10. The molecule has 2 aromatic carbocycles. The first-order valence-electron chi connectivity index (χ1n) is 6.10. The minimum Gasteiger partial charge on any atom is -0.497 e. The zero-order chi connectivity index (χ0) is 14.7. The Hall–Kier alpha value is -2.69. The van der Waals surface area contributed by atoms with E-state index < -0.39 is 5.91 Å². The van der Waals surface area contributed by atoms with E-state index in [-0.39, 0.29) is 0 Å². The van der Waals surface area contributed by atoms with E-state index >= 15 is 0 Å². The van der Waals surface area contributed by atoms with Gasteiger partial charge in [-0.2, -0.15) is 0 Å². The Morgan fingerprint density at radius 1 is 1.20 bits per heavy atom. The molecule has 0 bridgehead atoms. The van der Waals surface area contributed by atoms with Crippen LogP contribution in [0, 0.1) is 0 Å². The van der Waals surface area contributed by atoms with Gasteiger partial charge in [0.25, 0.3) is 0 Å². The summed E-state index contributed by atoms with van der Waals surface area (Å²) in [5, 5.41) is 0. The number of amides is 1.